The molecular formula is C83H140O17P2. The molecule has 0 fully saturated rings. The number of aliphatic hydroxyl groups excluding tert-OH is 1. The SMILES string of the molecule is CC/C=C\C/C=C\C/C=C\C/C=C\C/C=C\CCCC(=O)OCC(COP(=O)(O)OCC(O)COP(=O)(O)OCC(COC(=O)CCCCCCC/C=C\C/C=C\CCCCC)OC(=O)CCCCCCC/C=C\CCCCCC)OC(=O)CCCCCCCCC/C=C\C/C=C\C/C=C\CC. The molecule has 0 aliphatic heterocycles. The lowest BCUT2D eigenvalue weighted by atomic mass is 10.1. The van der Waals surface area contributed by atoms with Gasteiger partial charge in [0.25, 0.3) is 0 Å². The van der Waals surface area contributed by atoms with Gasteiger partial charge in [-0.25, -0.2) is 9.13 Å². The van der Waals surface area contributed by atoms with E-state index in [0.717, 1.165) is 180 Å². The first kappa shape index (κ1) is 97.2. The van der Waals surface area contributed by atoms with E-state index < -0.39 is 97.5 Å². The van der Waals surface area contributed by atoms with Crippen molar-refractivity contribution in [2.75, 3.05) is 39.6 Å². The fourth-order valence-electron chi connectivity index (χ4n) is 10.1. The predicted octanol–water partition coefficient (Wildman–Crippen LogP) is 22.9. The molecule has 0 saturated heterocycles. The highest BCUT2D eigenvalue weighted by molar-refractivity contribution is 7.47. The molecule has 0 aromatic heterocycles. The number of hydrogen-bond donors (Lipinski definition) is 3. The van der Waals surface area contributed by atoms with Gasteiger partial charge in [-0.05, 0) is 154 Å². The summed E-state index contributed by atoms with van der Waals surface area (Å²) in [5.74, 6) is -2.28. The van der Waals surface area contributed by atoms with Gasteiger partial charge >= 0.3 is 39.5 Å². The standard InChI is InChI=1S/C83H140O17P2/c1-5-9-13-17-21-25-29-33-36-38-41-45-48-52-56-60-64-68-81(86)94-74-79(100-83(88)70-66-62-58-54-50-46-42-39-37-34-30-26-22-18-14-10-6-2)76-98-102(91,92)96-72-77(84)71-95-101(89,90)97-75-78(99-82(87)69-65-61-57-53-49-43-32-28-24-20-16-12-8-4)73-93-80(85)67-63-59-55-51-47-44-40-35-31-27-23-19-15-11-7-3/h9-10,13-14,21-23,25-28,32-37,40-41,45,52,56,77-79,84H,5-8,11-12,15-20,24,29-31,38-39,42-44,46-51,53-55,57-76H2,1-4H3,(H,89,90)(H,91,92)/b13-9-,14-10-,25-21-,26-22-,27-23-,32-28-,36-33-,37-34-,40-35-,45-41-,56-52-. The summed E-state index contributed by atoms with van der Waals surface area (Å²) in [6.45, 7) is 4.52. The van der Waals surface area contributed by atoms with E-state index >= 15 is 0 Å². The van der Waals surface area contributed by atoms with Gasteiger partial charge in [0.2, 0.25) is 0 Å². The Bertz CT molecular complexity index is 2460. The number of ether oxygens (including phenoxy) is 4. The Labute approximate surface area is 618 Å². The summed E-state index contributed by atoms with van der Waals surface area (Å²) in [5, 5.41) is 10.6. The first-order valence-electron chi connectivity index (χ1n) is 39.4. The van der Waals surface area contributed by atoms with Crippen molar-refractivity contribution >= 4 is 39.5 Å². The average molecular weight is 1470 g/mol. The van der Waals surface area contributed by atoms with Gasteiger partial charge in [0.15, 0.2) is 12.2 Å². The van der Waals surface area contributed by atoms with Gasteiger partial charge in [-0.15, -0.1) is 0 Å². The molecule has 0 heterocycles. The third-order valence-corrected chi connectivity index (χ3v) is 18.0. The Balaban J connectivity index is 5.43. The minimum Gasteiger partial charge on any atom is -0.462 e. The molecule has 5 unspecified atom stereocenters. The van der Waals surface area contributed by atoms with Crippen LogP contribution in [0.3, 0.4) is 0 Å². The van der Waals surface area contributed by atoms with Crippen LogP contribution in [0.15, 0.2) is 134 Å². The van der Waals surface area contributed by atoms with Crippen LogP contribution in [-0.2, 0) is 65.4 Å². The summed E-state index contributed by atoms with van der Waals surface area (Å²) in [6.07, 6.45) is 82.9. The Morgan fingerprint density at radius 3 is 0.853 bits per heavy atom. The highest BCUT2D eigenvalue weighted by Gasteiger charge is 2.30. The third-order valence-electron chi connectivity index (χ3n) is 16.1. The number of phosphoric acid groups is 2. The van der Waals surface area contributed by atoms with Crippen LogP contribution in [0, 0.1) is 0 Å². The van der Waals surface area contributed by atoms with Crippen LogP contribution in [-0.4, -0.2) is 96.7 Å². The van der Waals surface area contributed by atoms with Crippen molar-refractivity contribution in [3.63, 3.8) is 0 Å². The number of carbonyl (C=O) groups is 4. The zero-order valence-electron chi connectivity index (χ0n) is 63.7. The highest BCUT2D eigenvalue weighted by atomic mass is 31.2. The average Bonchev–Trinajstić information content (AvgIpc) is 0.959. The Morgan fingerprint density at radius 1 is 0.284 bits per heavy atom. The maximum Gasteiger partial charge on any atom is 0.472 e. The normalized spacial score (nSPS) is 14.6. The zero-order valence-corrected chi connectivity index (χ0v) is 65.5. The van der Waals surface area contributed by atoms with Gasteiger partial charge in [0, 0.05) is 25.7 Å². The van der Waals surface area contributed by atoms with Crippen molar-refractivity contribution in [1.82, 2.24) is 0 Å². The smallest absolute Gasteiger partial charge is 0.462 e. The van der Waals surface area contributed by atoms with Gasteiger partial charge in [0.1, 0.15) is 19.3 Å². The number of rotatable bonds is 73. The van der Waals surface area contributed by atoms with Crippen LogP contribution in [0.2, 0.25) is 0 Å². The van der Waals surface area contributed by atoms with E-state index in [-0.39, 0.29) is 25.7 Å². The van der Waals surface area contributed by atoms with Crippen LogP contribution < -0.4 is 0 Å². The Morgan fingerprint density at radius 2 is 0.520 bits per heavy atom. The number of esters is 4. The number of allylic oxidation sites excluding steroid dienone is 22. The molecule has 0 aliphatic rings. The quantitative estimate of drug-likeness (QED) is 0.0169. The van der Waals surface area contributed by atoms with Gasteiger partial charge in [-0.2, -0.15) is 0 Å². The lowest BCUT2D eigenvalue weighted by Crippen LogP contribution is -2.30. The number of unbranched alkanes of at least 4 members (excludes halogenated alkanes) is 25. The molecule has 0 radical (unpaired) electrons. The van der Waals surface area contributed by atoms with E-state index in [9.17, 15) is 43.2 Å². The lowest BCUT2D eigenvalue weighted by molar-refractivity contribution is -0.161. The first-order valence-corrected chi connectivity index (χ1v) is 42.4. The fraction of sp³-hybridized carbons (Fsp3) is 0.687. The van der Waals surface area contributed by atoms with E-state index in [4.69, 9.17) is 37.0 Å². The topological polar surface area (TPSA) is 237 Å². The van der Waals surface area contributed by atoms with Gasteiger partial charge < -0.3 is 33.8 Å². The van der Waals surface area contributed by atoms with Gasteiger partial charge in [-0.1, -0.05) is 264 Å². The predicted molar refractivity (Wildman–Crippen MR) is 418 cm³/mol. The molecule has 584 valence electrons. The highest BCUT2D eigenvalue weighted by Crippen LogP contribution is 2.45. The molecular weight excluding hydrogens is 1330 g/mol. The molecule has 0 amide bonds. The number of phosphoric ester groups is 2. The van der Waals surface area contributed by atoms with E-state index in [1.54, 1.807) is 0 Å². The summed E-state index contributed by atoms with van der Waals surface area (Å²) < 4.78 is 68.5. The van der Waals surface area contributed by atoms with Crippen LogP contribution in [0.1, 0.15) is 310 Å². The second-order valence-corrected chi connectivity index (χ2v) is 28.8. The van der Waals surface area contributed by atoms with Crippen molar-refractivity contribution < 1.29 is 80.2 Å². The largest absolute Gasteiger partial charge is 0.472 e. The molecule has 0 bridgehead atoms. The van der Waals surface area contributed by atoms with Crippen LogP contribution in [0.25, 0.3) is 0 Å². The van der Waals surface area contributed by atoms with E-state index in [2.05, 4.69) is 149 Å². The first-order chi connectivity index (χ1) is 49.7. The molecule has 0 rings (SSSR count). The maximum absolute atomic E-state index is 13.1. The molecule has 3 N–H and O–H groups in total. The van der Waals surface area contributed by atoms with Crippen LogP contribution >= 0.6 is 15.6 Å². The summed E-state index contributed by atoms with van der Waals surface area (Å²) >= 11 is 0. The Kier molecular flexibility index (Phi) is 71.0. The third kappa shape index (κ3) is 73.5. The summed E-state index contributed by atoms with van der Waals surface area (Å²) in [6, 6.07) is 0. The summed E-state index contributed by atoms with van der Waals surface area (Å²) in [4.78, 5) is 73.0. The summed E-state index contributed by atoms with van der Waals surface area (Å²) in [7, 11) is -9.98. The number of carbonyl (C=O) groups excluding carboxylic acids is 4. The second kappa shape index (κ2) is 74.5. The molecule has 0 spiro atoms. The van der Waals surface area contributed by atoms with Crippen molar-refractivity contribution in [1.29, 1.82) is 0 Å². The summed E-state index contributed by atoms with van der Waals surface area (Å²) in [5.41, 5.74) is 0. The Hall–Kier alpha value is -4.80. The molecule has 0 saturated carbocycles. The molecule has 19 heteroatoms. The van der Waals surface area contributed by atoms with E-state index in [1.807, 2.05) is 12.2 Å². The maximum atomic E-state index is 13.1. The molecule has 17 nitrogen and oxygen atoms in total. The molecule has 5 atom stereocenters. The molecule has 102 heavy (non-hydrogen) atoms. The molecule has 0 aliphatic carbocycles. The van der Waals surface area contributed by atoms with Crippen molar-refractivity contribution in [2.45, 2.75) is 329 Å². The number of aliphatic hydroxyl groups is 1. The second-order valence-electron chi connectivity index (χ2n) is 25.9. The van der Waals surface area contributed by atoms with Crippen molar-refractivity contribution in [2.24, 2.45) is 0 Å². The van der Waals surface area contributed by atoms with Crippen LogP contribution in [0.5, 0.6) is 0 Å². The number of hydrogen-bond acceptors (Lipinski definition) is 15. The lowest BCUT2D eigenvalue weighted by Gasteiger charge is -2.21. The minimum absolute atomic E-state index is 0.0677. The monoisotopic (exact) mass is 1470 g/mol. The fourth-order valence-corrected chi connectivity index (χ4v) is 11.7. The van der Waals surface area contributed by atoms with Gasteiger partial charge in [0.05, 0.1) is 26.4 Å². The van der Waals surface area contributed by atoms with E-state index in [0.29, 0.717) is 32.1 Å². The van der Waals surface area contributed by atoms with E-state index in [1.165, 1.54) is 44.9 Å². The minimum atomic E-state index is -5.00. The zero-order chi connectivity index (χ0) is 74.6. The van der Waals surface area contributed by atoms with Crippen molar-refractivity contribution in [3.8, 4) is 0 Å². The molecule has 0 aromatic rings. The van der Waals surface area contributed by atoms with Gasteiger partial charge in [-0.3, -0.25) is 37.3 Å². The van der Waals surface area contributed by atoms with Crippen molar-refractivity contribution in [3.05, 3.63) is 134 Å². The molecule has 0 aromatic carbocycles. The van der Waals surface area contributed by atoms with Crippen LogP contribution in [0.4, 0.5) is 0 Å².